The number of nitrogens with zero attached hydrogens (tertiary/aromatic N) is 4. The highest BCUT2D eigenvalue weighted by Crippen LogP contribution is 2.16. The van der Waals surface area contributed by atoms with Crippen LogP contribution in [-0.4, -0.2) is 46.3 Å². The zero-order valence-electron chi connectivity index (χ0n) is 11.7. The highest BCUT2D eigenvalue weighted by molar-refractivity contribution is 6.30. The molecule has 0 aliphatic rings. The van der Waals surface area contributed by atoms with E-state index in [-0.39, 0.29) is 12.5 Å². The van der Waals surface area contributed by atoms with Crippen LogP contribution in [0.2, 0.25) is 5.02 Å². The summed E-state index contributed by atoms with van der Waals surface area (Å²) in [6, 6.07) is 7.13. The standard InChI is InChI=1S/C13H17ClN6O/c1-15-7-2-8-16-12(21)9-20-18-13(17-19-20)10-3-5-11(14)6-4-10/h3-6,15H,2,7-9H2,1H3,(H,16,21). The molecular formula is C13H17ClN6O. The van der Waals surface area contributed by atoms with Crippen molar-refractivity contribution in [2.75, 3.05) is 20.1 Å². The number of halogens is 1. The summed E-state index contributed by atoms with van der Waals surface area (Å²) < 4.78 is 0. The van der Waals surface area contributed by atoms with Crippen molar-refractivity contribution in [3.05, 3.63) is 29.3 Å². The van der Waals surface area contributed by atoms with Crippen LogP contribution < -0.4 is 10.6 Å². The zero-order valence-corrected chi connectivity index (χ0v) is 12.5. The van der Waals surface area contributed by atoms with E-state index in [9.17, 15) is 4.79 Å². The molecule has 112 valence electrons. The molecule has 0 bridgehead atoms. The third-order valence-corrected chi connectivity index (χ3v) is 3.02. The van der Waals surface area contributed by atoms with E-state index in [4.69, 9.17) is 11.6 Å². The molecule has 0 saturated carbocycles. The first-order valence-electron chi connectivity index (χ1n) is 6.64. The van der Waals surface area contributed by atoms with Gasteiger partial charge in [0.2, 0.25) is 11.7 Å². The molecule has 1 aromatic heterocycles. The van der Waals surface area contributed by atoms with E-state index in [1.54, 1.807) is 12.1 Å². The molecule has 0 fully saturated rings. The summed E-state index contributed by atoms with van der Waals surface area (Å²) in [4.78, 5) is 13.0. The first-order valence-corrected chi connectivity index (χ1v) is 7.02. The summed E-state index contributed by atoms with van der Waals surface area (Å²) >= 11 is 5.83. The second-order valence-electron chi connectivity index (χ2n) is 4.46. The average molecular weight is 309 g/mol. The van der Waals surface area contributed by atoms with Gasteiger partial charge in [-0.3, -0.25) is 4.79 Å². The van der Waals surface area contributed by atoms with Crippen LogP contribution in [0.5, 0.6) is 0 Å². The molecule has 0 saturated heterocycles. The third-order valence-electron chi connectivity index (χ3n) is 2.77. The Hall–Kier alpha value is -1.99. The van der Waals surface area contributed by atoms with E-state index < -0.39 is 0 Å². The van der Waals surface area contributed by atoms with Gasteiger partial charge in [0.25, 0.3) is 0 Å². The minimum absolute atomic E-state index is 0.0557. The van der Waals surface area contributed by atoms with E-state index in [1.165, 1.54) is 4.80 Å². The molecule has 0 aliphatic carbocycles. The third kappa shape index (κ3) is 4.80. The van der Waals surface area contributed by atoms with E-state index in [0.29, 0.717) is 17.4 Å². The van der Waals surface area contributed by atoms with Gasteiger partial charge in [-0.05, 0) is 49.5 Å². The number of benzene rings is 1. The first-order chi connectivity index (χ1) is 10.2. The van der Waals surface area contributed by atoms with Crippen LogP contribution >= 0.6 is 11.6 Å². The largest absolute Gasteiger partial charge is 0.354 e. The van der Waals surface area contributed by atoms with Crippen LogP contribution in [0.1, 0.15) is 6.42 Å². The molecule has 0 atom stereocenters. The molecule has 2 N–H and O–H groups in total. The molecule has 0 unspecified atom stereocenters. The monoisotopic (exact) mass is 308 g/mol. The Labute approximate surface area is 127 Å². The summed E-state index contributed by atoms with van der Waals surface area (Å²) in [6.45, 7) is 1.54. The molecule has 8 heteroatoms. The first kappa shape index (κ1) is 15.4. The summed E-state index contributed by atoms with van der Waals surface area (Å²) in [5.41, 5.74) is 0.806. The van der Waals surface area contributed by atoms with Gasteiger partial charge in [0.15, 0.2) is 0 Å². The quantitative estimate of drug-likeness (QED) is 0.736. The molecule has 21 heavy (non-hydrogen) atoms. The number of carbonyl (C=O) groups excluding carboxylic acids is 1. The van der Waals surface area contributed by atoms with Crippen molar-refractivity contribution in [2.24, 2.45) is 0 Å². The number of hydrogen-bond donors (Lipinski definition) is 2. The fourth-order valence-electron chi connectivity index (χ4n) is 1.70. The van der Waals surface area contributed by atoms with Gasteiger partial charge < -0.3 is 10.6 Å². The lowest BCUT2D eigenvalue weighted by atomic mass is 10.2. The number of aromatic nitrogens is 4. The van der Waals surface area contributed by atoms with Gasteiger partial charge in [0.1, 0.15) is 6.54 Å². The SMILES string of the molecule is CNCCCNC(=O)Cn1nnc(-c2ccc(Cl)cc2)n1. The Morgan fingerprint density at radius 1 is 1.29 bits per heavy atom. The molecule has 2 rings (SSSR count). The van der Waals surface area contributed by atoms with E-state index in [1.807, 2.05) is 19.2 Å². The van der Waals surface area contributed by atoms with Gasteiger partial charge in [-0.15, -0.1) is 10.2 Å². The average Bonchev–Trinajstić information content (AvgIpc) is 2.93. The number of nitrogens with one attached hydrogen (secondary N) is 2. The van der Waals surface area contributed by atoms with Crippen molar-refractivity contribution >= 4 is 17.5 Å². The van der Waals surface area contributed by atoms with E-state index in [2.05, 4.69) is 26.0 Å². The van der Waals surface area contributed by atoms with Crippen LogP contribution in [0.3, 0.4) is 0 Å². The van der Waals surface area contributed by atoms with Gasteiger partial charge in [-0.1, -0.05) is 11.6 Å². The lowest BCUT2D eigenvalue weighted by molar-refractivity contribution is -0.122. The number of amides is 1. The maximum Gasteiger partial charge on any atom is 0.243 e. The fourth-order valence-corrected chi connectivity index (χ4v) is 1.83. The van der Waals surface area contributed by atoms with Crippen LogP contribution in [-0.2, 0) is 11.3 Å². The van der Waals surface area contributed by atoms with Gasteiger partial charge in [-0.2, -0.15) is 4.80 Å². The minimum Gasteiger partial charge on any atom is -0.354 e. The van der Waals surface area contributed by atoms with Crippen LogP contribution in [0.4, 0.5) is 0 Å². The number of rotatable bonds is 7. The fraction of sp³-hybridized carbons (Fsp3) is 0.385. The molecule has 0 spiro atoms. The van der Waals surface area contributed by atoms with E-state index in [0.717, 1.165) is 18.5 Å². The highest BCUT2D eigenvalue weighted by Gasteiger charge is 2.08. The number of carbonyl (C=O) groups is 1. The molecular weight excluding hydrogens is 292 g/mol. The molecule has 1 heterocycles. The summed E-state index contributed by atoms with van der Waals surface area (Å²) in [7, 11) is 1.87. The maximum atomic E-state index is 11.7. The number of tetrazole rings is 1. The zero-order chi connectivity index (χ0) is 15.1. The smallest absolute Gasteiger partial charge is 0.243 e. The predicted octanol–water partition coefficient (Wildman–Crippen LogP) is 0.719. The van der Waals surface area contributed by atoms with Crippen molar-refractivity contribution in [3.8, 4) is 11.4 Å². The van der Waals surface area contributed by atoms with Crippen molar-refractivity contribution in [2.45, 2.75) is 13.0 Å². The van der Waals surface area contributed by atoms with Crippen LogP contribution in [0.25, 0.3) is 11.4 Å². The Kier molecular flexibility index (Phi) is 5.65. The molecule has 1 amide bonds. The van der Waals surface area contributed by atoms with E-state index >= 15 is 0 Å². The Morgan fingerprint density at radius 2 is 2.05 bits per heavy atom. The van der Waals surface area contributed by atoms with Gasteiger partial charge in [0.05, 0.1) is 0 Å². The van der Waals surface area contributed by atoms with Crippen molar-refractivity contribution in [1.29, 1.82) is 0 Å². The second-order valence-corrected chi connectivity index (χ2v) is 4.89. The van der Waals surface area contributed by atoms with Crippen molar-refractivity contribution in [1.82, 2.24) is 30.8 Å². The van der Waals surface area contributed by atoms with Crippen LogP contribution in [0, 0.1) is 0 Å². The molecule has 2 aromatic rings. The number of hydrogen-bond acceptors (Lipinski definition) is 5. The lowest BCUT2D eigenvalue weighted by Crippen LogP contribution is -2.30. The Balaban J connectivity index is 1.88. The molecule has 1 aromatic carbocycles. The second kappa shape index (κ2) is 7.70. The van der Waals surface area contributed by atoms with Crippen molar-refractivity contribution < 1.29 is 4.79 Å². The summed E-state index contributed by atoms with van der Waals surface area (Å²) in [5.74, 6) is 0.334. The summed E-state index contributed by atoms with van der Waals surface area (Å²) in [5, 5.41) is 18.4. The topological polar surface area (TPSA) is 84.7 Å². The summed E-state index contributed by atoms with van der Waals surface area (Å²) in [6.07, 6.45) is 0.878. The maximum absolute atomic E-state index is 11.7. The predicted molar refractivity (Wildman–Crippen MR) is 79.8 cm³/mol. The molecule has 0 radical (unpaired) electrons. The van der Waals surface area contributed by atoms with Gasteiger partial charge in [-0.25, -0.2) is 0 Å². The Bertz CT molecular complexity index is 583. The van der Waals surface area contributed by atoms with Crippen LogP contribution in [0.15, 0.2) is 24.3 Å². The minimum atomic E-state index is -0.133. The van der Waals surface area contributed by atoms with Gasteiger partial charge in [0, 0.05) is 17.1 Å². The highest BCUT2D eigenvalue weighted by atomic mass is 35.5. The molecule has 7 nitrogen and oxygen atoms in total. The lowest BCUT2D eigenvalue weighted by Gasteiger charge is -2.03. The Morgan fingerprint density at radius 3 is 2.76 bits per heavy atom. The van der Waals surface area contributed by atoms with Gasteiger partial charge >= 0.3 is 0 Å². The molecule has 0 aliphatic heterocycles. The normalized spacial score (nSPS) is 10.6. The van der Waals surface area contributed by atoms with Crippen molar-refractivity contribution in [3.63, 3.8) is 0 Å².